The third kappa shape index (κ3) is 3.14. The molecule has 2 aromatic rings. The van der Waals surface area contributed by atoms with E-state index < -0.39 is 11.6 Å². The van der Waals surface area contributed by atoms with Crippen molar-refractivity contribution in [2.75, 3.05) is 18.5 Å². The maximum atomic E-state index is 13.3. The maximum Gasteiger partial charge on any atom is 0.325 e. The smallest absolute Gasteiger partial charge is 0.325 e. The number of benzene rings is 2. The van der Waals surface area contributed by atoms with E-state index in [-0.39, 0.29) is 23.7 Å². The number of hydrogen-bond donors (Lipinski definition) is 1. The molecule has 6 heteroatoms. The zero-order chi connectivity index (χ0) is 22.4. The van der Waals surface area contributed by atoms with Crippen LogP contribution in [0, 0.1) is 0 Å². The van der Waals surface area contributed by atoms with Crippen LogP contribution in [-0.4, -0.2) is 36.2 Å². The van der Waals surface area contributed by atoms with Gasteiger partial charge in [0.05, 0.1) is 6.54 Å². The highest BCUT2D eigenvalue weighted by molar-refractivity contribution is 6.10. The zero-order valence-electron chi connectivity index (χ0n) is 18.3. The molecule has 31 heavy (non-hydrogen) atoms. The fourth-order valence-corrected chi connectivity index (χ4v) is 4.74. The lowest BCUT2D eigenvalue weighted by atomic mass is 9.83. The molecule has 0 aliphatic carbocycles. The average molecular weight is 418 g/mol. The predicted octanol–water partition coefficient (Wildman–Crippen LogP) is 3.72. The van der Waals surface area contributed by atoms with Gasteiger partial charge in [-0.15, -0.1) is 0 Å². The van der Waals surface area contributed by atoms with Crippen LogP contribution < -0.4 is 10.2 Å². The van der Waals surface area contributed by atoms with E-state index in [0.717, 1.165) is 27.4 Å². The van der Waals surface area contributed by atoms with Crippen LogP contribution in [0.15, 0.2) is 66.4 Å². The molecule has 1 unspecified atom stereocenters. The van der Waals surface area contributed by atoms with Crippen molar-refractivity contribution >= 4 is 23.4 Å². The number of carbonyl (C=O) groups excluding carboxylic acids is 3. The van der Waals surface area contributed by atoms with Crippen molar-refractivity contribution in [3.8, 4) is 0 Å². The fourth-order valence-electron chi connectivity index (χ4n) is 4.74. The number of fused-ring (bicyclic) bond motifs is 1. The number of hydrogen-bond acceptors (Lipinski definition) is 4. The number of imide groups is 1. The van der Waals surface area contributed by atoms with Crippen molar-refractivity contribution < 1.29 is 14.4 Å². The number of nitrogens with zero attached hydrogens (tertiary/aromatic N) is 2. The first kappa shape index (κ1) is 20.8. The van der Waals surface area contributed by atoms with Crippen LogP contribution >= 0.6 is 0 Å². The van der Waals surface area contributed by atoms with E-state index >= 15 is 0 Å². The van der Waals surface area contributed by atoms with Gasteiger partial charge in [0.25, 0.3) is 5.91 Å². The molecule has 160 valence electrons. The van der Waals surface area contributed by atoms with Crippen molar-refractivity contribution in [2.45, 2.75) is 38.1 Å². The molecule has 4 rings (SSSR count). The molecule has 3 amide bonds. The van der Waals surface area contributed by atoms with Gasteiger partial charge in [-0.2, -0.15) is 0 Å². The topological polar surface area (TPSA) is 69.7 Å². The van der Waals surface area contributed by atoms with E-state index in [1.807, 2.05) is 67.4 Å². The highest BCUT2D eigenvalue weighted by Crippen LogP contribution is 2.46. The molecule has 2 aliphatic rings. The quantitative estimate of drug-likeness (QED) is 0.595. The molecule has 1 saturated heterocycles. The van der Waals surface area contributed by atoms with Gasteiger partial charge in [0, 0.05) is 29.9 Å². The Hall–Kier alpha value is -3.41. The van der Waals surface area contributed by atoms with Gasteiger partial charge in [0.15, 0.2) is 5.78 Å². The number of nitrogens with one attached hydrogen (secondary N) is 1. The summed E-state index contributed by atoms with van der Waals surface area (Å²) in [4.78, 5) is 42.0. The first-order chi connectivity index (χ1) is 14.7. The van der Waals surface area contributed by atoms with Gasteiger partial charge in [-0.1, -0.05) is 69.3 Å². The number of urea groups is 1. The molecular weight excluding hydrogens is 390 g/mol. The van der Waals surface area contributed by atoms with Crippen LogP contribution in [0.1, 0.15) is 38.3 Å². The number of para-hydroxylation sites is 1. The molecule has 2 aromatic carbocycles. The molecular formula is C25H27N3O3. The van der Waals surface area contributed by atoms with Gasteiger partial charge in [-0.05, 0) is 23.6 Å². The van der Waals surface area contributed by atoms with E-state index in [0.29, 0.717) is 6.42 Å². The van der Waals surface area contributed by atoms with Crippen molar-refractivity contribution in [2.24, 2.45) is 0 Å². The second-order valence-electron chi connectivity index (χ2n) is 8.64. The lowest BCUT2D eigenvalue weighted by Gasteiger charge is -2.26. The summed E-state index contributed by atoms with van der Waals surface area (Å²) >= 11 is 0. The third-order valence-electron chi connectivity index (χ3n) is 6.52. The summed E-state index contributed by atoms with van der Waals surface area (Å²) in [6.45, 7) is 5.70. The van der Waals surface area contributed by atoms with Crippen molar-refractivity contribution in [3.63, 3.8) is 0 Å². The lowest BCUT2D eigenvalue weighted by Crippen LogP contribution is -2.43. The number of ketones is 1. The summed E-state index contributed by atoms with van der Waals surface area (Å²) in [5.41, 5.74) is 2.27. The van der Waals surface area contributed by atoms with E-state index in [4.69, 9.17) is 0 Å². The van der Waals surface area contributed by atoms with E-state index in [2.05, 4.69) is 25.2 Å². The van der Waals surface area contributed by atoms with Gasteiger partial charge in [0.1, 0.15) is 5.54 Å². The summed E-state index contributed by atoms with van der Waals surface area (Å²) in [6.07, 6.45) is 1.97. The number of carbonyl (C=O) groups is 3. The highest BCUT2D eigenvalue weighted by atomic mass is 16.2. The van der Waals surface area contributed by atoms with Gasteiger partial charge in [0.2, 0.25) is 0 Å². The SMILES string of the molecule is CCC1(c2ccccc2)NC(=O)N(CC(=O)C=C2N(C)c3ccccc3C2(C)C)C1=O. The maximum absolute atomic E-state index is 13.3. The fraction of sp³-hybridized carbons (Fsp3) is 0.320. The normalized spacial score (nSPS) is 23.3. The first-order valence-corrected chi connectivity index (χ1v) is 10.5. The molecule has 1 atom stereocenters. The summed E-state index contributed by atoms with van der Waals surface area (Å²) in [5, 5.41) is 2.83. The first-order valence-electron chi connectivity index (χ1n) is 10.5. The Labute approximate surface area is 182 Å². The Morgan fingerprint density at radius 1 is 1.03 bits per heavy atom. The largest absolute Gasteiger partial charge is 0.347 e. The van der Waals surface area contributed by atoms with Crippen LogP contribution in [0.2, 0.25) is 0 Å². The molecule has 0 spiro atoms. The van der Waals surface area contributed by atoms with Crippen LogP contribution in [0.3, 0.4) is 0 Å². The van der Waals surface area contributed by atoms with Crippen LogP contribution in [0.5, 0.6) is 0 Å². The molecule has 0 aromatic heterocycles. The second kappa shape index (κ2) is 7.38. The highest BCUT2D eigenvalue weighted by Gasteiger charge is 2.51. The lowest BCUT2D eigenvalue weighted by molar-refractivity contribution is -0.134. The standard InChI is InChI=1S/C25H27N3O3/c1-5-25(17-11-7-6-8-12-17)22(30)28(23(31)26-25)16-18(29)15-21-24(2,3)19-13-9-10-14-20(19)27(21)4/h6-15H,5,16H2,1-4H3,(H,26,31). The summed E-state index contributed by atoms with van der Waals surface area (Å²) in [5.74, 6) is -0.675. The van der Waals surface area contributed by atoms with Gasteiger partial charge in [-0.25, -0.2) is 4.79 Å². The zero-order valence-corrected chi connectivity index (χ0v) is 18.3. The minimum Gasteiger partial charge on any atom is -0.347 e. The Balaban J connectivity index is 1.60. The van der Waals surface area contributed by atoms with E-state index in [1.165, 1.54) is 0 Å². The van der Waals surface area contributed by atoms with Crippen LogP contribution in [0.25, 0.3) is 0 Å². The van der Waals surface area contributed by atoms with Crippen molar-refractivity contribution in [3.05, 3.63) is 77.5 Å². The van der Waals surface area contributed by atoms with E-state index in [9.17, 15) is 14.4 Å². The molecule has 6 nitrogen and oxygen atoms in total. The minimum absolute atomic E-state index is 0.286. The predicted molar refractivity (Wildman–Crippen MR) is 120 cm³/mol. The number of likely N-dealkylation sites (N-methyl/N-ethyl adjacent to an activating group) is 1. The summed E-state index contributed by atoms with van der Waals surface area (Å²) in [7, 11) is 1.93. The van der Waals surface area contributed by atoms with E-state index in [1.54, 1.807) is 6.08 Å². The number of rotatable bonds is 5. The Morgan fingerprint density at radius 2 is 1.68 bits per heavy atom. The molecule has 0 bridgehead atoms. The van der Waals surface area contributed by atoms with Crippen molar-refractivity contribution in [1.82, 2.24) is 10.2 Å². The van der Waals surface area contributed by atoms with Gasteiger partial charge < -0.3 is 10.2 Å². The Morgan fingerprint density at radius 3 is 2.32 bits per heavy atom. The molecule has 2 aliphatic heterocycles. The summed E-state index contributed by atoms with van der Waals surface area (Å²) in [6, 6.07) is 16.7. The number of amides is 3. The van der Waals surface area contributed by atoms with Gasteiger partial charge in [-0.3, -0.25) is 14.5 Å². The summed E-state index contributed by atoms with van der Waals surface area (Å²) < 4.78 is 0. The molecule has 1 fully saturated rings. The molecule has 0 radical (unpaired) electrons. The Bertz CT molecular complexity index is 1090. The van der Waals surface area contributed by atoms with Crippen molar-refractivity contribution in [1.29, 1.82) is 0 Å². The molecule has 1 N–H and O–H groups in total. The third-order valence-corrected chi connectivity index (χ3v) is 6.52. The molecule has 2 heterocycles. The van der Waals surface area contributed by atoms with Crippen LogP contribution in [0.4, 0.5) is 10.5 Å². The van der Waals surface area contributed by atoms with Crippen LogP contribution in [-0.2, 0) is 20.5 Å². The second-order valence-corrected chi connectivity index (χ2v) is 8.64. The monoisotopic (exact) mass is 417 g/mol. The minimum atomic E-state index is -1.13. The van der Waals surface area contributed by atoms with Gasteiger partial charge >= 0.3 is 6.03 Å². The Kier molecular flexibility index (Phi) is 4.96. The molecule has 0 saturated carbocycles. The average Bonchev–Trinajstić information content (AvgIpc) is 3.12. The number of allylic oxidation sites excluding steroid dienone is 1. The number of anilines is 1.